The van der Waals surface area contributed by atoms with E-state index in [4.69, 9.17) is 10.8 Å². The van der Waals surface area contributed by atoms with Crippen LogP contribution in [0.25, 0.3) is 0 Å². The highest BCUT2D eigenvalue weighted by Crippen LogP contribution is 2.19. The molecule has 0 fully saturated rings. The highest BCUT2D eigenvalue weighted by atomic mass is 16.3. The summed E-state index contributed by atoms with van der Waals surface area (Å²) in [5.74, 6) is 0. The summed E-state index contributed by atoms with van der Waals surface area (Å²) in [5.41, 5.74) is 6.28. The Morgan fingerprint density at radius 1 is 1.36 bits per heavy atom. The van der Waals surface area contributed by atoms with Gasteiger partial charge in [-0.25, -0.2) is 0 Å². The average molecular weight is 196 g/mol. The molecule has 1 aromatic rings. The topological polar surface area (TPSA) is 95.9 Å². The van der Waals surface area contributed by atoms with Gasteiger partial charge in [-0.1, -0.05) is 12.1 Å². The SMILES string of the molecule is N[C@H](CO)[C@@H](O)c1ccc(N=O)cc1. The molecule has 0 aliphatic heterocycles. The van der Waals surface area contributed by atoms with Crippen molar-refractivity contribution in [3.8, 4) is 0 Å². The third-order valence-corrected chi connectivity index (χ3v) is 1.96. The van der Waals surface area contributed by atoms with E-state index < -0.39 is 12.1 Å². The molecule has 0 radical (unpaired) electrons. The molecule has 2 atom stereocenters. The summed E-state index contributed by atoms with van der Waals surface area (Å²) >= 11 is 0. The van der Waals surface area contributed by atoms with Gasteiger partial charge in [0.05, 0.1) is 18.8 Å². The molecule has 5 nitrogen and oxygen atoms in total. The molecule has 4 N–H and O–H groups in total. The molecule has 0 aromatic heterocycles. The monoisotopic (exact) mass is 196 g/mol. The fourth-order valence-electron chi connectivity index (χ4n) is 1.08. The van der Waals surface area contributed by atoms with Crippen molar-refractivity contribution in [1.82, 2.24) is 0 Å². The minimum absolute atomic E-state index is 0.290. The molecule has 0 aliphatic rings. The van der Waals surface area contributed by atoms with Gasteiger partial charge in [0, 0.05) is 0 Å². The van der Waals surface area contributed by atoms with Crippen molar-refractivity contribution in [3.05, 3.63) is 34.7 Å². The number of aliphatic hydroxyl groups is 2. The second-order valence-electron chi connectivity index (χ2n) is 2.97. The first kappa shape index (κ1) is 10.8. The van der Waals surface area contributed by atoms with Gasteiger partial charge in [-0.05, 0) is 22.9 Å². The van der Waals surface area contributed by atoms with Gasteiger partial charge in [-0.2, -0.15) is 0 Å². The highest BCUT2D eigenvalue weighted by molar-refractivity contribution is 5.39. The van der Waals surface area contributed by atoms with E-state index in [0.717, 1.165) is 0 Å². The Kier molecular flexibility index (Phi) is 3.70. The Labute approximate surface area is 81.1 Å². The number of nitrogens with zero attached hydrogens (tertiary/aromatic N) is 1. The van der Waals surface area contributed by atoms with E-state index in [-0.39, 0.29) is 6.61 Å². The number of hydrogen-bond donors (Lipinski definition) is 3. The lowest BCUT2D eigenvalue weighted by Gasteiger charge is -2.16. The van der Waals surface area contributed by atoms with Gasteiger partial charge in [-0.3, -0.25) is 0 Å². The third-order valence-electron chi connectivity index (χ3n) is 1.96. The van der Waals surface area contributed by atoms with E-state index in [1.54, 1.807) is 12.1 Å². The Morgan fingerprint density at radius 2 is 1.93 bits per heavy atom. The van der Waals surface area contributed by atoms with Gasteiger partial charge < -0.3 is 15.9 Å². The lowest BCUT2D eigenvalue weighted by molar-refractivity contribution is 0.109. The Hall–Kier alpha value is -1.30. The molecular formula is C9H12N2O3. The number of nitroso groups, excluding NO2 is 1. The molecule has 5 heteroatoms. The van der Waals surface area contributed by atoms with Crippen LogP contribution in [0.3, 0.4) is 0 Å². The first-order valence-corrected chi connectivity index (χ1v) is 4.17. The lowest BCUT2D eigenvalue weighted by atomic mass is 10.0. The van der Waals surface area contributed by atoms with E-state index in [1.165, 1.54) is 12.1 Å². The van der Waals surface area contributed by atoms with Crippen molar-refractivity contribution < 1.29 is 10.2 Å². The number of hydrogen-bond acceptors (Lipinski definition) is 5. The number of aliphatic hydroxyl groups excluding tert-OH is 2. The van der Waals surface area contributed by atoms with Crippen LogP contribution < -0.4 is 5.73 Å². The van der Waals surface area contributed by atoms with Crippen LogP contribution in [0.15, 0.2) is 29.4 Å². The summed E-state index contributed by atoms with van der Waals surface area (Å²) in [6.45, 7) is -0.297. The van der Waals surface area contributed by atoms with E-state index in [0.29, 0.717) is 11.3 Å². The largest absolute Gasteiger partial charge is 0.395 e. The second kappa shape index (κ2) is 4.80. The molecule has 1 rings (SSSR count). The molecule has 14 heavy (non-hydrogen) atoms. The molecular weight excluding hydrogens is 184 g/mol. The zero-order chi connectivity index (χ0) is 10.6. The van der Waals surface area contributed by atoms with Crippen LogP contribution in [0.4, 0.5) is 5.69 Å². The van der Waals surface area contributed by atoms with Gasteiger partial charge in [0.1, 0.15) is 5.69 Å². The molecule has 0 saturated heterocycles. The van der Waals surface area contributed by atoms with Crippen molar-refractivity contribution in [1.29, 1.82) is 0 Å². The van der Waals surface area contributed by atoms with Crippen molar-refractivity contribution >= 4 is 5.69 Å². The minimum atomic E-state index is -0.930. The van der Waals surface area contributed by atoms with Crippen LogP contribution in [0.5, 0.6) is 0 Å². The molecule has 0 aliphatic carbocycles. The predicted molar refractivity (Wildman–Crippen MR) is 51.9 cm³/mol. The van der Waals surface area contributed by atoms with E-state index >= 15 is 0 Å². The Balaban J connectivity index is 2.80. The molecule has 76 valence electrons. The number of benzene rings is 1. The van der Waals surface area contributed by atoms with Crippen LogP contribution in [-0.2, 0) is 0 Å². The Bertz CT molecular complexity index is 299. The average Bonchev–Trinajstić information content (AvgIpc) is 2.27. The molecule has 0 bridgehead atoms. The molecule has 0 amide bonds. The fraction of sp³-hybridized carbons (Fsp3) is 0.333. The van der Waals surface area contributed by atoms with Crippen LogP contribution in [0, 0.1) is 4.91 Å². The van der Waals surface area contributed by atoms with Crippen LogP contribution in [0.1, 0.15) is 11.7 Å². The maximum absolute atomic E-state index is 10.1. The lowest BCUT2D eigenvalue weighted by Crippen LogP contribution is -2.31. The maximum atomic E-state index is 10.1. The molecule has 0 unspecified atom stereocenters. The van der Waals surface area contributed by atoms with Gasteiger partial charge in [0.2, 0.25) is 0 Å². The van der Waals surface area contributed by atoms with E-state index in [9.17, 15) is 10.0 Å². The van der Waals surface area contributed by atoms with Crippen molar-refractivity contribution in [3.63, 3.8) is 0 Å². The van der Waals surface area contributed by atoms with E-state index in [2.05, 4.69) is 5.18 Å². The fourth-order valence-corrected chi connectivity index (χ4v) is 1.08. The second-order valence-corrected chi connectivity index (χ2v) is 2.97. The van der Waals surface area contributed by atoms with Gasteiger partial charge in [-0.15, -0.1) is 4.91 Å². The smallest absolute Gasteiger partial charge is 0.108 e. The first-order valence-electron chi connectivity index (χ1n) is 4.17. The van der Waals surface area contributed by atoms with Gasteiger partial charge in [0.25, 0.3) is 0 Å². The summed E-state index contributed by atoms with van der Waals surface area (Å²) in [7, 11) is 0. The predicted octanol–water partition coefficient (Wildman–Crippen LogP) is 0.438. The normalized spacial score (nSPS) is 14.8. The molecule has 0 saturated carbocycles. The Morgan fingerprint density at radius 3 is 2.36 bits per heavy atom. The van der Waals surface area contributed by atoms with Gasteiger partial charge >= 0.3 is 0 Å². The minimum Gasteiger partial charge on any atom is -0.395 e. The van der Waals surface area contributed by atoms with Crippen LogP contribution in [0.2, 0.25) is 0 Å². The van der Waals surface area contributed by atoms with Gasteiger partial charge in [0.15, 0.2) is 0 Å². The van der Waals surface area contributed by atoms with Crippen LogP contribution in [-0.4, -0.2) is 22.9 Å². The number of nitrogens with two attached hydrogens (primary N) is 1. The zero-order valence-electron chi connectivity index (χ0n) is 7.50. The highest BCUT2D eigenvalue weighted by Gasteiger charge is 2.15. The third kappa shape index (κ3) is 2.35. The van der Waals surface area contributed by atoms with Crippen molar-refractivity contribution in [2.75, 3.05) is 6.61 Å². The van der Waals surface area contributed by atoms with Crippen LogP contribution >= 0.6 is 0 Å². The maximum Gasteiger partial charge on any atom is 0.108 e. The summed E-state index contributed by atoms with van der Waals surface area (Å²) in [6.07, 6.45) is -0.930. The standard InChI is InChI=1S/C9H12N2O3/c10-8(5-12)9(13)6-1-3-7(11-14)4-2-6/h1-4,8-9,12-13H,5,10H2/t8-,9+/m1/s1. The molecule has 0 heterocycles. The van der Waals surface area contributed by atoms with Crippen molar-refractivity contribution in [2.45, 2.75) is 12.1 Å². The number of rotatable bonds is 4. The summed E-state index contributed by atoms with van der Waals surface area (Å²) in [4.78, 5) is 10.1. The molecule has 1 aromatic carbocycles. The first-order chi connectivity index (χ1) is 6.69. The van der Waals surface area contributed by atoms with Crippen molar-refractivity contribution in [2.24, 2.45) is 10.9 Å². The van der Waals surface area contributed by atoms with E-state index in [1.807, 2.05) is 0 Å². The molecule has 0 spiro atoms. The summed E-state index contributed by atoms with van der Waals surface area (Å²) < 4.78 is 0. The summed E-state index contributed by atoms with van der Waals surface area (Å²) in [5, 5.41) is 21.0. The summed E-state index contributed by atoms with van der Waals surface area (Å²) in [6, 6.07) is 5.35. The zero-order valence-corrected chi connectivity index (χ0v) is 7.50. The quantitative estimate of drug-likeness (QED) is 0.609.